The van der Waals surface area contributed by atoms with Gasteiger partial charge >= 0.3 is 19.1 Å². The normalized spacial score (nSPS) is 17.2. The molecule has 0 spiro atoms. The Kier molecular flexibility index (Phi) is 3.96. The summed E-state index contributed by atoms with van der Waals surface area (Å²) >= 11 is 0. The maximum absolute atomic E-state index is 11.6. The summed E-state index contributed by atoms with van der Waals surface area (Å²) in [6.45, 7) is -0.0102. The number of carbonyl (C=O) groups is 3. The van der Waals surface area contributed by atoms with E-state index in [4.69, 9.17) is 9.31 Å². The zero-order valence-corrected chi connectivity index (χ0v) is 10.4. The van der Waals surface area contributed by atoms with Crippen LogP contribution in [-0.4, -0.2) is 50.4 Å². The molecular weight excluding hydrogens is 249 g/mol. The van der Waals surface area contributed by atoms with Crippen LogP contribution >= 0.6 is 0 Å². The van der Waals surface area contributed by atoms with Gasteiger partial charge in [0.25, 0.3) is 0 Å². The molecule has 1 fully saturated rings. The topological polar surface area (TPSA) is 72.9 Å². The van der Waals surface area contributed by atoms with Gasteiger partial charge in [0.05, 0.1) is 13.1 Å². The highest BCUT2D eigenvalue weighted by Crippen LogP contribution is 2.03. The Labute approximate surface area is 110 Å². The number of likely N-dealkylation sites (N-methyl/N-ethyl adjacent to an activating group) is 1. The maximum Gasteiger partial charge on any atom is 0.637 e. The van der Waals surface area contributed by atoms with Crippen LogP contribution in [-0.2, 0) is 18.9 Å². The number of hydrogen-bond donors (Lipinski definition) is 0. The van der Waals surface area contributed by atoms with Gasteiger partial charge in [-0.05, 0) is 7.05 Å². The molecule has 0 amide bonds. The first-order valence-electron chi connectivity index (χ1n) is 5.72. The van der Waals surface area contributed by atoms with Gasteiger partial charge in [0.2, 0.25) is 0 Å². The van der Waals surface area contributed by atoms with E-state index in [1.807, 2.05) is 0 Å². The van der Waals surface area contributed by atoms with Crippen molar-refractivity contribution in [2.24, 2.45) is 0 Å². The van der Waals surface area contributed by atoms with Crippen molar-refractivity contribution < 1.29 is 23.7 Å². The van der Waals surface area contributed by atoms with Crippen LogP contribution in [0, 0.1) is 0 Å². The molecule has 1 aliphatic heterocycles. The largest absolute Gasteiger partial charge is 0.637 e. The monoisotopic (exact) mass is 261 g/mol. The molecule has 1 saturated heterocycles. The maximum atomic E-state index is 11.6. The van der Waals surface area contributed by atoms with Crippen LogP contribution in [0.5, 0.6) is 0 Å². The van der Waals surface area contributed by atoms with Crippen LogP contribution in [0.15, 0.2) is 24.3 Å². The van der Waals surface area contributed by atoms with Crippen LogP contribution in [0.2, 0.25) is 0 Å². The van der Waals surface area contributed by atoms with Crippen molar-refractivity contribution in [1.29, 1.82) is 0 Å². The molecule has 1 aromatic rings. The van der Waals surface area contributed by atoms with Crippen molar-refractivity contribution in [3.8, 4) is 0 Å². The molecule has 7 heteroatoms. The third-order valence-electron chi connectivity index (χ3n) is 2.65. The van der Waals surface area contributed by atoms with Gasteiger partial charge in [-0.25, -0.2) is 0 Å². The molecule has 0 aliphatic carbocycles. The summed E-state index contributed by atoms with van der Waals surface area (Å²) in [5.41, 5.74) is 0.686. The molecule has 2 rings (SSSR count). The van der Waals surface area contributed by atoms with Crippen LogP contribution < -0.4 is 5.46 Å². The van der Waals surface area contributed by atoms with Crippen molar-refractivity contribution in [2.75, 3.05) is 20.1 Å². The Hall–Kier alpha value is -2.15. The average molecular weight is 261 g/mol. The molecule has 0 radical (unpaired) electrons. The Balaban J connectivity index is 2.29. The second-order valence-electron chi connectivity index (χ2n) is 4.23. The van der Waals surface area contributed by atoms with Crippen molar-refractivity contribution in [3.05, 3.63) is 29.8 Å². The van der Waals surface area contributed by atoms with E-state index in [2.05, 4.69) is 0 Å². The van der Waals surface area contributed by atoms with Gasteiger partial charge in [-0.2, -0.15) is 0 Å². The van der Waals surface area contributed by atoms with E-state index in [9.17, 15) is 14.4 Å². The molecule has 0 saturated carbocycles. The van der Waals surface area contributed by atoms with E-state index in [0.29, 0.717) is 17.3 Å². The fourth-order valence-corrected chi connectivity index (χ4v) is 1.79. The average Bonchev–Trinajstić information content (AvgIpc) is 2.35. The van der Waals surface area contributed by atoms with Gasteiger partial charge in [0.1, 0.15) is 6.29 Å². The number of rotatable bonds is 2. The van der Waals surface area contributed by atoms with Crippen molar-refractivity contribution >= 4 is 30.8 Å². The van der Waals surface area contributed by atoms with Gasteiger partial charge in [-0.1, -0.05) is 24.3 Å². The first-order chi connectivity index (χ1) is 9.10. The summed E-state index contributed by atoms with van der Waals surface area (Å²) in [4.78, 5) is 35.6. The van der Waals surface area contributed by atoms with Crippen LogP contribution in [0.25, 0.3) is 0 Å². The molecule has 1 heterocycles. The summed E-state index contributed by atoms with van der Waals surface area (Å²) in [6.07, 6.45) is 0.627. The number of hydrogen-bond acceptors (Lipinski definition) is 6. The molecule has 98 valence electrons. The van der Waals surface area contributed by atoms with E-state index in [1.165, 1.54) is 4.90 Å². The highest BCUT2D eigenvalue weighted by molar-refractivity contribution is 6.65. The fourth-order valence-electron chi connectivity index (χ4n) is 1.79. The summed E-state index contributed by atoms with van der Waals surface area (Å²) in [5.74, 6) is -1.03. The van der Waals surface area contributed by atoms with Crippen LogP contribution in [0.1, 0.15) is 10.4 Å². The summed E-state index contributed by atoms with van der Waals surface area (Å²) in [5, 5.41) is 0. The molecule has 0 unspecified atom stereocenters. The van der Waals surface area contributed by atoms with Crippen molar-refractivity contribution in [2.45, 2.75) is 0 Å². The minimum absolute atomic E-state index is 0.00510. The third kappa shape index (κ3) is 3.20. The zero-order valence-electron chi connectivity index (χ0n) is 10.4. The lowest BCUT2D eigenvalue weighted by molar-refractivity contribution is -0.145. The molecule has 0 aromatic heterocycles. The SMILES string of the molecule is CN1CC(=O)OB(c2ccccc2C=O)OC(=O)C1. The minimum atomic E-state index is -1.17. The lowest BCUT2D eigenvalue weighted by Gasteiger charge is -2.23. The highest BCUT2D eigenvalue weighted by atomic mass is 16.6. The Morgan fingerprint density at radius 1 is 1.16 bits per heavy atom. The van der Waals surface area contributed by atoms with E-state index in [-0.39, 0.29) is 13.1 Å². The zero-order chi connectivity index (χ0) is 13.8. The lowest BCUT2D eigenvalue weighted by Crippen LogP contribution is -2.48. The second-order valence-corrected chi connectivity index (χ2v) is 4.23. The van der Waals surface area contributed by atoms with Gasteiger partial charge in [-0.15, -0.1) is 0 Å². The van der Waals surface area contributed by atoms with Gasteiger partial charge < -0.3 is 9.31 Å². The van der Waals surface area contributed by atoms with Crippen LogP contribution in [0.4, 0.5) is 0 Å². The van der Waals surface area contributed by atoms with Crippen LogP contribution in [0.3, 0.4) is 0 Å². The van der Waals surface area contributed by atoms with Gasteiger partial charge in [-0.3, -0.25) is 19.3 Å². The van der Waals surface area contributed by atoms with E-state index >= 15 is 0 Å². The van der Waals surface area contributed by atoms with E-state index < -0.39 is 19.1 Å². The summed E-state index contributed by atoms with van der Waals surface area (Å²) < 4.78 is 10.2. The fraction of sp³-hybridized carbons (Fsp3) is 0.250. The van der Waals surface area contributed by atoms with E-state index in [1.54, 1.807) is 31.3 Å². The molecular formula is C12H12BNO5. The molecule has 1 aromatic carbocycles. The Morgan fingerprint density at radius 3 is 2.32 bits per heavy atom. The Bertz CT molecular complexity index is 499. The first kappa shape index (κ1) is 13.3. The van der Waals surface area contributed by atoms with Gasteiger partial charge in [0, 0.05) is 11.0 Å². The standard InChI is InChI=1S/C12H12BNO5/c1-14-6-11(16)18-13(19-12(17)7-14)10-5-3-2-4-9(10)8-15/h2-5,8H,6-7H2,1H3. The number of aldehydes is 1. The minimum Gasteiger partial charge on any atom is -0.494 e. The summed E-state index contributed by atoms with van der Waals surface area (Å²) in [7, 11) is 0.442. The molecule has 19 heavy (non-hydrogen) atoms. The smallest absolute Gasteiger partial charge is 0.494 e. The molecule has 0 bridgehead atoms. The van der Waals surface area contributed by atoms with Gasteiger partial charge in [0.15, 0.2) is 0 Å². The Morgan fingerprint density at radius 2 is 1.74 bits per heavy atom. The lowest BCUT2D eigenvalue weighted by atomic mass is 9.75. The molecule has 1 aliphatic rings. The molecule has 0 atom stereocenters. The van der Waals surface area contributed by atoms with E-state index in [0.717, 1.165) is 0 Å². The second kappa shape index (κ2) is 5.66. The first-order valence-corrected chi connectivity index (χ1v) is 5.72. The molecule has 0 N–H and O–H groups in total. The highest BCUT2D eigenvalue weighted by Gasteiger charge is 2.35. The predicted molar refractivity (Wildman–Crippen MR) is 66.9 cm³/mol. The number of benzene rings is 1. The number of nitrogens with zero attached hydrogens (tertiary/aromatic N) is 1. The summed E-state index contributed by atoms with van der Waals surface area (Å²) in [6, 6.07) is 6.50. The predicted octanol–water partition coefficient (Wildman–Crippen LogP) is -0.774. The van der Waals surface area contributed by atoms with Crippen molar-refractivity contribution in [1.82, 2.24) is 4.90 Å². The van der Waals surface area contributed by atoms with Crippen molar-refractivity contribution in [3.63, 3.8) is 0 Å². The number of carbonyl (C=O) groups excluding carboxylic acids is 3. The molecule has 6 nitrogen and oxygen atoms in total. The quantitative estimate of drug-likeness (QED) is 0.514. The third-order valence-corrected chi connectivity index (χ3v) is 2.65.